The Morgan fingerprint density at radius 2 is 0.569 bits per heavy atom. The number of carbonyl (C=O) groups is 3. The lowest BCUT2D eigenvalue weighted by Gasteiger charge is -2.18. The Labute approximate surface area is 446 Å². The monoisotopic (exact) mass is 1000 g/mol. The van der Waals surface area contributed by atoms with Crippen molar-refractivity contribution in [3.63, 3.8) is 0 Å². The molecule has 0 fully saturated rings. The standard InChI is InChI=1S/C66H116O6/c1-4-7-10-13-16-19-22-24-26-28-30-31-32-33-34-35-37-38-40-42-44-47-50-53-56-59-65(68)71-62-63(61-70-64(67)58-55-52-49-46-21-18-15-12-9-6-3)72-66(69)60-57-54-51-48-45-43-41-39-36-29-27-25-23-20-17-14-11-8-5-2/h8,11-12,15,17,20,25,27,36,39,43,45,63H,4-7,9-10,13-14,16,18-19,21-24,26,28-35,37-38,40-42,44,46-62H2,1-3H3/b11-8-,15-12-,20-17-,27-25-,39-36-,45-43-. The maximum atomic E-state index is 12.9. The first-order valence-corrected chi connectivity index (χ1v) is 30.9. The van der Waals surface area contributed by atoms with Crippen molar-refractivity contribution in [2.75, 3.05) is 13.2 Å². The fourth-order valence-electron chi connectivity index (χ4n) is 8.83. The second-order valence-electron chi connectivity index (χ2n) is 20.6. The van der Waals surface area contributed by atoms with Crippen molar-refractivity contribution in [1.82, 2.24) is 0 Å². The van der Waals surface area contributed by atoms with E-state index in [1.165, 1.54) is 154 Å². The molecule has 1 atom stereocenters. The predicted octanol–water partition coefficient (Wildman–Crippen LogP) is 20.9. The predicted molar refractivity (Wildman–Crippen MR) is 311 cm³/mol. The molecule has 0 rings (SSSR count). The van der Waals surface area contributed by atoms with Gasteiger partial charge in [-0.2, -0.15) is 0 Å². The summed E-state index contributed by atoms with van der Waals surface area (Å²) in [5.74, 6) is -0.922. The largest absolute Gasteiger partial charge is 0.462 e. The molecular formula is C66H116O6. The minimum absolute atomic E-state index is 0.0892. The molecule has 416 valence electrons. The van der Waals surface area contributed by atoms with E-state index in [0.717, 1.165) is 116 Å². The number of carbonyl (C=O) groups excluding carboxylic acids is 3. The Morgan fingerprint density at radius 1 is 0.292 bits per heavy atom. The molecule has 1 unspecified atom stereocenters. The lowest BCUT2D eigenvalue weighted by Crippen LogP contribution is -2.30. The number of esters is 3. The second kappa shape index (κ2) is 60.4. The van der Waals surface area contributed by atoms with Gasteiger partial charge in [-0.15, -0.1) is 0 Å². The zero-order valence-corrected chi connectivity index (χ0v) is 47.7. The molecule has 0 spiro atoms. The van der Waals surface area contributed by atoms with Gasteiger partial charge in [-0.05, 0) is 83.5 Å². The zero-order valence-electron chi connectivity index (χ0n) is 47.7. The number of allylic oxidation sites excluding steroid dienone is 12. The molecule has 0 aromatic rings. The van der Waals surface area contributed by atoms with Crippen LogP contribution in [0.3, 0.4) is 0 Å². The minimum Gasteiger partial charge on any atom is -0.462 e. The van der Waals surface area contributed by atoms with E-state index in [-0.39, 0.29) is 37.5 Å². The summed E-state index contributed by atoms with van der Waals surface area (Å²) in [5, 5.41) is 0. The van der Waals surface area contributed by atoms with Crippen LogP contribution >= 0.6 is 0 Å². The average molecular weight is 1010 g/mol. The van der Waals surface area contributed by atoms with Gasteiger partial charge in [0, 0.05) is 19.3 Å². The Hall–Kier alpha value is -3.15. The van der Waals surface area contributed by atoms with Crippen molar-refractivity contribution >= 4 is 17.9 Å². The molecule has 0 aliphatic carbocycles. The highest BCUT2D eigenvalue weighted by Crippen LogP contribution is 2.17. The molecule has 0 aromatic heterocycles. The molecule has 0 bridgehead atoms. The van der Waals surface area contributed by atoms with E-state index in [2.05, 4.69) is 93.7 Å². The molecular weight excluding hydrogens is 889 g/mol. The molecule has 6 heteroatoms. The second-order valence-corrected chi connectivity index (χ2v) is 20.6. The van der Waals surface area contributed by atoms with Crippen molar-refractivity contribution in [3.8, 4) is 0 Å². The van der Waals surface area contributed by atoms with E-state index in [1.54, 1.807) is 0 Å². The molecule has 0 aromatic carbocycles. The molecule has 72 heavy (non-hydrogen) atoms. The van der Waals surface area contributed by atoms with Gasteiger partial charge in [-0.3, -0.25) is 14.4 Å². The van der Waals surface area contributed by atoms with Crippen LogP contribution < -0.4 is 0 Å². The molecule has 0 heterocycles. The van der Waals surface area contributed by atoms with Crippen molar-refractivity contribution in [3.05, 3.63) is 72.9 Å². The van der Waals surface area contributed by atoms with Gasteiger partial charge in [0.15, 0.2) is 6.10 Å². The molecule has 0 amide bonds. The van der Waals surface area contributed by atoms with Gasteiger partial charge in [-0.1, -0.05) is 280 Å². The molecule has 0 radical (unpaired) electrons. The number of hydrogen-bond donors (Lipinski definition) is 0. The maximum Gasteiger partial charge on any atom is 0.306 e. The lowest BCUT2D eigenvalue weighted by atomic mass is 10.0. The molecule has 0 aliphatic heterocycles. The van der Waals surface area contributed by atoms with Crippen molar-refractivity contribution in [2.45, 2.75) is 316 Å². The fraction of sp³-hybridized carbons (Fsp3) is 0.773. The highest BCUT2D eigenvalue weighted by atomic mass is 16.6. The van der Waals surface area contributed by atoms with Crippen LogP contribution in [0.25, 0.3) is 0 Å². The van der Waals surface area contributed by atoms with E-state index in [9.17, 15) is 14.4 Å². The molecule has 0 saturated heterocycles. The lowest BCUT2D eigenvalue weighted by molar-refractivity contribution is -0.167. The third kappa shape index (κ3) is 57.7. The number of rotatable bonds is 56. The van der Waals surface area contributed by atoms with Crippen LogP contribution in [-0.2, 0) is 28.6 Å². The maximum absolute atomic E-state index is 12.9. The van der Waals surface area contributed by atoms with Gasteiger partial charge in [-0.25, -0.2) is 0 Å². The van der Waals surface area contributed by atoms with Crippen LogP contribution in [0.2, 0.25) is 0 Å². The van der Waals surface area contributed by atoms with E-state index in [4.69, 9.17) is 14.2 Å². The first kappa shape index (κ1) is 68.8. The van der Waals surface area contributed by atoms with E-state index >= 15 is 0 Å². The third-order valence-electron chi connectivity index (χ3n) is 13.4. The summed E-state index contributed by atoms with van der Waals surface area (Å²) < 4.78 is 16.8. The van der Waals surface area contributed by atoms with E-state index in [1.807, 2.05) is 0 Å². The van der Waals surface area contributed by atoms with Crippen LogP contribution in [0.5, 0.6) is 0 Å². The highest BCUT2D eigenvalue weighted by Gasteiger charge is 2.19. The highest BCUT2D eigenvalue weighted by molar-refractivity contribution is 5.71. The Balaban J connectivity index is 4.25. The number of hydrogen-bond acceptors (Lipinski definition) is 6. The van der Waals surface area contributed by atoms with Crippen molar-refractivity contribution < 1.29 is 28.6 Å². The summed E-state index contributed by atoms with van der Waals surface area (Å²) in [5.41, 5.74) is 0. The smallest absolute Gasteiger partial charge is 0.306 e. The van der Waals surface area contributed by atoms with Crippen LogP contribution in [0.4, 0.5) is 0 Å². The SMILES string of the molecule is CC/C=C\C/C=C\C/C=C\C/C=C\C/C=C\CCCCCC(=O)OC(COC(=O)CCCCCCC/C=C\CCC)COC(=O)CCCCCCCCCCCCCCCCCCCCCCCCCCC. The quantitative estimate of drug-likeness (QED) is 0.0261. The average Bonchev–Trinajstić information content (AvgIpc) is 3.38. The molecule has 6 nitrogen and oxygen atoms in total. The van der Waals surface area contributed by atoms with Crippen molar-refractivity contribution in [2.24, 2.45) is 0 Å². The van der Waals surface area contributed by atoms with Crippen LogP contribution in [0.15, 0.2) is 72.9 Å². The summed E-state index contributed by atoms with van der Waals surface area (Å²) in [6.07, 6.45) is 77.8. The fourth-order valence-corrected chi connectivity index (χ4v) is 8.83. The van der Waals surface area contributed by atoms with E-state index < -0.39 is 6.10 Å². The molecule has 0 N–H and O–H groups in total. The van der Waals surface area contributed by atoms with Gasteiger partial charge in [0.25, 0.3) is 0 Å². The van der Waals surface area contributed by atoms with Crippen molar-refractivity contribution in [1.29, 1.82) is 0 Å². The Kier molecular flexibility index (Phi) is 57.8. The van der Waals surface area contributed by atoms with Gasteiger partial charge >= 0.3 is 17.9 Å². The van der Waals surface area contributed by atoms with Crippen LogP contribution in [-0.4, -0.2) is 37.2 Å². The van der Waals surface area contributed by atoms with Gasteiger partial charge in [0.1, 0.15) is 13.2 Å². The van der Waals surface area contributed by atoms with Gasteiger partial charge in [0.05, 0.1) is 0 Å². The number of unbranched alkanes of at least 4 members (excludes halogenated alkanes) is 33. The third-order valence-corrected chi connectivity index (χ3v) is 13.4. The zero-order chi connectivity index (χ0) is 52.2. The normalized spacial score (nSPS) is 12.5. The van der Waals surface area contributed by atoms with Gasteiger partial charge in [0.2, 0.25) is 0 Å². The minimum atomic E-state index is -0.795. The summed E-state index contributed by atoms with van der Waals surface area (Å²) in [6.45, 7) is 6.46. The first-order chi connectivity index (χ1) is 35.5. The Morgan fingerprint density at radius 3 is 0.931 bits per heavy atom. The van der Waals surface area contributed by atoms with Crippen LogP contribution in [0.1, 0.15) is 310 Å². The summed E-state index contributed by atoms with van der Waals surface area (Å²) in [7, 11) is 0. The molecule has 0 aliphatic rings. The summed E-state index contributed by atoms with van der Waals surface area (Å²) in [6, 6.07) is 0. The Bertz CT molecular complexity index is 1340. The summed E-state index contributed by atoms with van der Waals surface area (Å²) in [4.78, 5) is 38.1. The molecule has 0 saturated carbocycles. The number of ether oxygens (including phenoxy) is 3. The van der Waals surface area contributed by atoms with Crippen LogP contribution in [0, 0.1) is 0 Å². The topological polar surface area (TPSA) is 78.9 Å². The van der Waals surface area contributed by atoms with Gasteiger partial charge < -0.3 is 14.2 Å². The summed E-state index contributed by atoms with van der Waals surface area (Å²) >= 11 is 0. The first-order valence-electron chi connectivity index (χ1n) is 30.9. The van der Waals surface area contributed by atoms with E-state index in [0.29, 0.717) is 12.8 Å².